The van der Waals surface area contributed by atoms with Crippen molar-refractivity contribution >= 4 is 5.69 Å². The van der Waals surface area contributed by atoms with E-state index in [1.165, 1.54) is 18.5 Å². The quantitative estimate of drug-likeness (QED) is 0.569. The van der Waals surface area contributed by atoms with E-state index in [4.69, 9.17) is 0 Å². The van der Waals surface area contributed by atoms with E-state index in [9.17, 15) is 10.1 Å². The van der Waals surface area contributed by atoms with Gasteiger partial charge in [0, 0.05) is 12.1 Å². The summed E-state index contributed by atoms with van der Waals surface area (Å²) in [7, 11) is 0. The molecule has 0 fully saturated rings. The van der Waals surface area contributed by atoms with Gasteiger partial charge in [0.2, 0.25) is 0 Å². The number of nitro groups is 1. The molecule has 0 saturated carbocycles. The van der Waals surface area contributed by atoms with E-state index in [1.54, 1.807) is 10.7 Å². The Morgan fingerprint density at radius 3 is 2.62 bits per heavy atom. The summed E-state index contributed by atoms with van der Waals surface area (Å²) in [5, 5.41) is 14.6. The van der Waals surface area contributed by atoms with E-state index in [2.05, 4.69) is 10.1 Å². The molecule has 0 aliphatic rings. The molecule has 6 heteroatoms. The van der Waals surface area contributed by atoms with Crippen LogP contribution in [-0.2, 0) is 0 Å². The average molecular weight is 218 g/mol. The summed E-state index contributed by atoms with van der Waals surface area (Å²) < 4.78 is 1.65. The Morgan fingerprint density at radius 2 is 2.12 bits per heavy atom. The first-order valence-electron chi connectivity index (χ1n) is 4.71. The van der Waals surface area contributed by atoms with Crippen molar-refractivity contribution in [1.29, 1.82) is 0 Å². The van der Waals surface area contributed by atoms with Crippen LogP contribution in [0.3, 0.4) is 0 Å². The van der Waals surface area contributed by atoms with Crippen molar-refractivity contribution in [3.63, 3.8) is 0 Å². The molecule has 16 heavy (non-hydrogen) atoms. The summed E-state index contributed by atoms with van der Waals surface area (Å²) in [5.41, 5.74) is 1.68. The molecule has 82 valence electrons. The molecule has 0 bridgehead atoms. The predicted octanol–water partition coefficient (Wildman–Crippen LogP) is 1.79. The Labute approximate surface area is 91.7 Å². The molecule has 0 saturated heterocycles. The van der Waals surface area contributed by atoms with Crippen LogP contribution in [0.4, 0.5) is 5.69 Å². The number of rotatable bonds is 2. The van der Waals surface area contributed by atoms with Crippen molar-refractivity contribution in [3.05, 3.63) is 46.0 Å². The highest BCUT2D eigenvalue weighted by atomic mass is 16.6. The Morgan fingerprint density at radius 1 is 1.38 bits per heavy atom. The number of aryl methyl sites for hydroxylation is 2. The minimum absolute atomic E-state index is 0.0824. The van der Waals surface area contributed by atoms with Crippen LogP contribution in [0.1, 0.15) is 11.4 Å². The van der Waals surface area contributed by atoms with Gasteiger partial charge in [-0.15, -0.1) is 0 Å². The smallest absolute Gasteiger partial charge is 0.258 e. The Kier molecular flexibility index (Phi) is 2.40. The maximum atomic E-state index is 10.6. The number of nitro benzene ring substituents is 1. The zero-order valence-electron chi connectivity index (χ0n) is 8.91. The zero-order valence-corrected chi connectivity index (χ0v) is 8.91. The lowest BCUT2D eigenvalue weighted by molar-refractivity contribution is -0.384. The van der Waals surface area contributed by atoms with Gasteiger partial charge >= 0.3 is 0 Å². The molecule has 0 aliphatic heterocycles. The highest BCUT2D eigenvalue weighted by molar-refractivity contribution is 5.47. The third-order valence-electron chi connectivity index (χ3n) is 2.34. The normalized spacial score (nSPS) is 10.4. The van der Waals surface area contributed by atoms with Gasteiger partial charge in [0.1, 0.15) is 12.2 Å². The van der Waals surface area contributed by atoms with Crippen molar-refractivity contribution in [2.75, 3.05) is 0 Å². The maximum absolute atomic E-state index is 10.6. The topological polar surface area (TPSA) is 73.8 Å². The Balaban J connectivity index is 2.52. The van der Waals surface area contributed by atoms with Crippen molar-refractivity contribution in [2.45, 2.75) is 13.8 Å². The lowest BCUT2D eigenvalue weighted by Gasteiger charge is -2.06. The van der Waals surface area contributed by atoms with Gasteiger partial charge in [-0.05, 0) is 25.5 Å². The average Bonchev–Trinajstić information content (AvgIpc) is 2.64. The van der Waals surface area contributed by atoms with Gasteiger partial charge in [-0.2, -0.15) is 5.10 Å². The highest BCUT2D eigenvalue weighted by Crippen LogP contribution is 2.20. The first kappa shape index (κ1) is 10.3. The molecule has 0 spiro atoms. The van der Waals surface area contributed by atoms with E-state index < -0.39 is 4.92 Å². The number of hydrogen-bond donors (Lipinski definition) is 0. The van der Waals surface area contributed by atoms with Crippen LogP contribution in [0.2, 0.25) is 0 Å². The molecule has 2 aromatic rings. The molecule has 1 heterocycles. The minimum Gasteiger partial charge on any atom is -0.258 e. The second-order valence-electron chi connectivity index (χ2n) is 3.45. The molecular formula is C10H10N4O2. The first-order chi connectivity index (χ1) is 7.59. The molecule has 2 rings (SSSR count). The minimum atomic E-state index is -0.412. The van der Waals surface area contributed by atoms with Crippen molar-refractivity contribution in [3.8, 4) is 5.69 Å². The molecular weight excluding hydrogens is 208 g/mol. The summed E-state index contributed by atoms with van der Waals surface area (Å²) in [6.45, 7) is 3.64. The molecule has 0 amide bonds. The van der Waals surface area contributed by atoms with E-state index in [-0.39, 0.29) is 5.69 Å². The van der Waals surface area contributed by atoms with Crippen LogP contribution in [0.15, 0.2) is 24.5 Å². The van der Waals surface area contributed by atoms with E-state index in [0.717, 1.165) is 17.1 Å². The van der Waals surface area contributed by atoms with Gasteiger partial charge in [0.15, 0.2) is 0 Å². The zero-order chi connectivity index (χ0) is 11.7. The summed E-state index contributed by atoms with van der Waals surface area (Å²) in [5.74, 6) is 0.747. The Bertz CT molecular complexity index is 548. The van der Waals surface area contributed by atoms with Crippen molar-refractivity contribution in [1.82, 2.24) is 14.8 Å². The SMILES string of the molecule is Cc1cc([N+](=O)[O-])ccc1-n1ncnc1C. The lowest BCUT2D eigenvalue weighted by atomic mass is 10.2. The summed E-state index contributed by atoms with van der Waals surface area (Å²) >= 11 is 0. The molecule has 0 aliphatic carbocycles. The van der Waals surface area contributed by atoms with Gasteiger partial charge in [0.05, 0.1) is 10.6 Å². The first-order valence-corrected chi connectivity index (χ1v) is 4.71. The van der Waals surface area contributed by atoms with Crippen LogP contribution in [0, 0.1) is 24.0 Å². The van der Waals surface area contributed by atoms with Crippen LogP contribution in [-0.4, -0.2) is 19.7 Å². The largest absolute Gasteiger partial charge is 0.269 e. The highest BCUT2D eigenvalue weighted by Gasteiger charge is 2.10. The van der Waals surface area contributed by atoms with Gasteiger partial charge in [0.25, 0.3) is 5.69 Å². The van der Waals surface area contributed by atoms with E-state index in [1.807, 2.05) is 13.8 Å². The molecule has 0 radical (unpaired) electrons. The van der Waals surface area contributed by atoms with E-state index in [0.29, 0.717) is 0 Å². The van der Waals surface area contributed by atoms with Gasteiger partial charge in [-0.3, -0.25) is 10.1 Å². The summed E-state index contributed by atoms with van der Waals surface area (Å²) in [6.07, 6.45) is 1.45. The monoisotopic (exact) mass is 218 g/mol. The molecule has 0 N–H and O–H groups in total. The fraction of sp³-hybridized carbons (Fsp3) is 0.200. The third kappa shape index (κ3) is 1.65. The molecule has 6 nitrogen and oxygen atoms in total. The van der Waals surface area contributed by atoms with Crippen LogP contribution >= 0.6 is 0 Å². The molecule has 0 unspecified atom stereocenters. The predicted molar refractivity (Wildman–Crippen MR) is 57.5 cm³/mol. The number of non-ortho nitro benzene ring substituents is 1. The van der Waals surface area contributed by atoms with E-state index >= 15 is 0 Å². The fourth-order valence-electron chi connectivity index (χ4n) is 1.53. The summed E-state index contributed by atoms with van der Waals surface area (Å²) in [6, 6.07) is 4.66. The molecule has 1 aromatic heterocycles. The van der Waals surface area contributed by atoms with Crippen LogP contribution in [0.25, 0.3) is 5.69 Å². The third-order valence-corrected chi connectivity index (χ3v) is 2.34. The van der Waals surface area contributed by atoms with Gasteiger partial charge < -0.3 is 0 Å². The van der Waals surface area contributed by atoms with Gasteiger partial charge in [-0.25, -0.2) is 9.67 Å². The van der Waals surface area contributed by atoms with Crippen LogP contribution in [0.5, 0.6) is 0 Å². The Hall–Kier alpha value is -2.24. The number of hydrogen-bond acceptors (Lipinski definition) is 4. The van der Waals surface area contributed by atoms with Gasteiger partial charge in [-0.1, -0.05) is 0 Å². The number of benzene rings is 1. The summed E-state index contributed by atoms with van der Waals surface area (Å²) in [4.78, 5) is 14.2. The maximum Gasteiger partial charge on any atom is 0.269 e. The van der Waals surface area contributed by atoms with Crippen LogP contribution < -0.4 is 0 Å². The van der Waals surface area contributed by atoms with Crippen molar-refractivity contribution < 1.29 is 4.92 Å². The fourth-order valence-corrected chi connectivity index (χ4v) is 1.53. The molecule has 0 atom stereocenters. The lowest BCUT2D eigenvalue weighted by Crippen LogP contribution is -2.02. The molecule has 1 aromatic carbocycles. The second kappa shape index (κ2) is 3.73. The number of aromatic nitrogens is 3. The van der Waals surface area contributed by atoms with Crippen molar-refractivity contribution in [2.24, 2.45) is 0 Å². The standard InChI is InChI=1S/C10H10N4O2/c1-7-5-9(14(15)16)3-4-10(7)13-8(2)11-6-12-13/h3-6H,1-2H3. The number of nitrogens with zero attached hydrogens (tertiary/aromatic N) is 4. The second-order valence-corrected chi connectivity index (χ2v) is 3.45.